The summed E-state index contributed by atoms with van der Waals surface area (Å²) in [7, 11) is 0. The van der Waals surface area contributed by atoms with Gasteiger partial charge >= 0.3 is 0 Å². The highest BCUT2D eigenvalue weighted by Crippen LogP contribution is 2.42. The molecular weight excluding hydrogens is 144 g/mol. The van der Waals surface area contributed by atoms with Gasteiger partial charge in [-0.15, -0.1) is 0 Å². The molecule has 0 aromatic carbocycles. The molecule has 0 aromatic rings. The van der Waals surface area contributed by atoms with Crippen LogP contribution in [0.3, 0.4) is 0 Å². The van der Waals surface area contributed by atoms with E-state index >= 15 is 0 Å². The first kappa shape index (κ1) is 8.10. The molecule has 1 fully saturated rings. The van der Waals surface area contributed by atoms with Gasteiger partial charge in [-0.3, -0.25) is 0 Å². The van der Waals surface area contributed by atoms with Gasteiger partial charge in [-0.25, -0.2) is 0 Å². The molecular formula is C12H18. The van der Waals surface area contributed by atoms with Crippen LogP contribution in [0.25, 0.3) is 0 Å². The summed E-state index contributed by atoms with van der Waals surface area (Å²) in [4.78, 5) is 0. The fourth-order valence-corrected chi connectivity index (χ4v) is 2.33. The summed E-state index contributed by atoms with van der Waals surface area (Å²) in [6.45, 7) is 2.32. The molecule has 2 rings (SSSR count). The van der Waals surface area contributed by atoms with Gasteiger partial charge in [-0.05, 0) is 37.5 Å². The highest BCUT2D eigenvalue weighted by Gasteiger charge is 2.29. The Kier molecular flexibility index (Phi) is 2.34. The van der Waals surface area contributed by atoms with Crippen LogP contribution in [0.1, 0.15) is 39.0 Å². The quantitative estimate of drug-likeness (QED) is 0.580. The van der Waals surface area contributed by atoms with E-state index in [9.17, 15) is 0 Å². The molecule has 0 N–H and O–H groups in total. The van der Waals surface area contributed by atoms with Gasteiger partial charge in [0.25, 0.3) is 0 Å². The number of allylic oxidation sites excluding steroid dienone is 4. The third-order valence-corrected chi connectivity index (χ3v) is 3.38. The minimum absolute atomic E-state index is 0.958. The van der Waals surface area contributed by atoms with Gasteiger partial charge in [0.05, 0.1) is 0 Å². The van der Waals surface area contributed by atoms with Gasteiger partial charge in [-0.1, -0.05) is 37.1 Å². The second-order valence-corrected chi connectivity index (χ2v) is 4.15. The number of rotatable bonds is 2. The zero-order valence-corrected chi connectivity index (χ0v) is 7.92. The van der Waals surface area contributed by atoms with Crippen LogP contribution >= 0.6 is 0 Å². The molecule has 66 valence electrons. The van der Waals surface area contributed by atoms with E-state index in [0.29, 0.717) is 0 Å². The van der Waals surface area contributed by atoms with Crippen LogP contribution in [0.2, 0.25) is 0 Å². The Morgan fingerprint density at radius 2 is 2.25 bits per heavy atom. The van der Waals surface area contributed by atoms with Crippen LogP contribution in [-0.4, -0.2) is 0 Å². The Morgan fingerprint density at radius 1 is 1.42 bits per heavy atom. The Balaban J connectivity index is 1.87. The van der Waals surface area contributed by atoms with Crippen molar-refractivity contribution in [1.82, 2.24) is 0 Å². The van der Waals surface area contributed by atoms with E-state index in [4.69, 9.17) is 0 Å². The van der Waals surface area contributed by atoms with Gasteiger partial charge in [0, 0.05) is 0 Å². The van der Waals surface area contributed by atoms with Crippen molar-refractivity contribution in [3.8, 4) is 0 Å². The van der Waals surface area contributed by atoms with E-state index in [1.165, 1.54) is 32.1 Å². The maximum Gasteiger partial charge on any atom is -0.0195 e. The molecule has 0 heterocycles. The molecule has 0 aliphatic heterocycles. The first-order chi connectivity index (χ1) is 5.90. The van der Waals surface area contributed by atoms with Gasteiger partial charge in [0.1, 0.15) is 0 Å². The van der Waals surface area contributed by atoms with Gasteiger partial charge in [0.15, 0.2) is 0 Å². The van der Waals surface area contributed by atoms with Crippen LogP contribution in [0.5, 0.6) is 0 Å². The van der Waals surface area contributed by atoms with Crippen molar-refractivity contribution in [3.05, 3.63) is 23.8 Å². The lowest BCUT2D eigenvalue weighted by Crippen LogP contribution is -2.24. The fourth-order valence-electron chi connectivity index (χ4n) is 2.33. The van der Waals surface area contributed by atoms with Crippen molar-refractivity contribution in [2.75, 3.05) is 0 Å². The summed E-state index contributed by atoms with van der Waals surface area (Å²) in [5.74, 6) is 2.00. The summed E-state index contributed by atoms with van der Waals surface area (Å²) in [6.07, 6.45) is 13.8. The number of hydrogen-bond donors (Lipinski definition) is 0. The Morgan fingerprint density at radius 3 is 2.83 bits per heavy atom. The molecule has 0 amide bonds. The van der Waals surface area contributed by atoms with Crippen LogP contribution in [0.15, 0.2) is 23.8 Å². The summed E-state index contributed by atoms with van der Waals surface area (Å²) in [5.41, 5.74) is 1.72. The van der Waals surface area contributed by atoms with Crippen molar-refractivity contribution < 1.29 is 0 Å². The zero-order valence-electron chi connectivity index (χ0n) is 7.92. The van der Waals surface area contributed by atoms with E-state index < -0.39 is 0 Å². The Labute approximate surface area is 75.4 Å². The molecule has 0 atom stereocenters. The van der Waals surface area contributed by atoms with Crippen molar-refractivity contribution >= 4 is 0 Å². The molecule has 0 aromatic heterocycles. The van der Waals surface area contributed by atoms with Gasteiger partial charge in [-0.2, -0.15) is 0 Å². The Bertz CT molecular complexity index is 204. The maximum atomic E-state index is 2.35. The average molecular weight is 162 g/mol. The molecule has 0 radical (unpaired) electrons. The topological polar surface area (TPSA) is 0 Å². The zero-order chi connectivity index (χ0) is 8.39. The van der Waals surface area contributed by atoms with Crippen molar-refractivity contribution in [2.24, 2.45) is 11.8 Å². The molecule has 0 unspecified atom stereocenters. The molecule has 12 heavy (non-hydrogen) atoms. The summed E-state index contributed by atoms with van der Waals surface area (Å²) in [6, 6.07) is 0. The monoisotopic (exact) mass is 162 g/mol. The molecule has 2 aliphatic carbocycles. The molecule has 0 nitrogen and oxygen atoms in total. The minimum Gasteiger partial charge on any atom is -0.0842 e. The first-order valence-electron chi connectivity index (χ1n) is 5.25. The van der Waals surface area contributed by atoms with E-state index in [2.05, 4.69) is 25.2 Å². The van der Waals surface area contributed by atoms with Crippen LogP contribution in [-0.2, 0) is 0 Å². The predicted molar refractivity (Wildman–Crippen MR) is 53.0 cm³/mol. The first-order valence-corrected chi connectivity index (χ1v) is 5.25. The highest BCUT2D eigenvalue weighted by atomic mass is 14.3. The lowest BCUT2D eigenvalue weighted by Gasteiger charge is -2.37. The molecule has 0 bridgehead atoms. The summed E-state index contributed by atoms with van der Waals surface area (Å²) in [5, 5.41) is 0. The van der Waals surface area contributed by atoms with E-state index in [-0.39, 0.29) is 0 Å². The lowest BCUT2D eigenvalue weighted by molar-refractivity contribution is 0.217. The second kappa shape index (κ2) is 3.47. The largest absolute Gasteiger partial charge is 0.0842 e. The van der Waals surface area contributed by atoms with E-state index in [1.807, 2.05) is 0 Å². The summed E-state index contributed by atoms with van der Waals surface area (Å²) < 4.78 is 0. The number of hydrogen-bond acceptors (Lipinski definition) is 0. The van der Waals surface area contributed by atoms with Crippen molar-refractivity contribution in [2.45, 2.75) is 39.0 Å². The molecule has 2 aliphatic rings. The van der Waals surface area contributed by atoms with Gasteiger partial charge < -0.3 is 0 Å². The Hall–Kier alpha value is -0.520. The van der Waals surface area contributed by atoms with Crippen LogP contribution in [0.4, 0.5) is 0 Å². The SMILES string of the molecule is CCC1CC(C2=CC=CCC2)C1. The maximum absolute atomic E-state index is 2.35. The van der Waals surface area contributed by atoms with Crippen LogP contribution < -0.4 is 0 Å². The normalized spacial score (nSPS) is 34.2. The van der Waals surface area contributed by atoms with Crippen molar-refractivity contribution in [3.63, 3.8) is 0 Å². The van der Waals surface area contributed by atoms with Crippen molar-refractivity contribution in [1.29, 1.82) is 0 Å². The lowest BCUT2D eigenvalue weighted by atomic mass is 9.68. The van der Waals surface area contributed by atoms with Gasteiger partial charge in [0.2, 0.25) is 0 Å². The molecule has 0 heteroatoms. The molecule has 0 spiro atoms. The standard InChI is InChI=1S/C12H18/c1-2-10-8-12(9-10)11-6-4-3-5-7-11/h3-4,6,10,12H,2,5,7-9H2,1H3. The minimum atomic E-state index is 0.958. The highest BCUT2D eigenvalue weighted by molar-refractivity contribution is 5.21. The second-order valence-electron chi connectivity index (χ2n) is 4.15. The molecule has 0 saturated heterocycles. The smallest absolute Gasteiger partial charge is 0.0195 e. The summed E-state index contributed by atoms with van der Waals surface area (Å²) >= 11 is 0. The van der Waals surface area contributed by atoms with Crippen LogP contribution in [0, 0.1) is 11.8 Å². The third-order valence-electron chi connectivity index (χ3n) is 3.38. The third kappa shape index (κ3) is 1.48. The predicted octanol–water partition coefficient (Wildman–Crippen LogP) is 3.70. The molecule has 1 saturated carbocycles. The van der Waals surface area contributed by atoms with E-state index in [0.717, 1.165) is 11.8 Å². The average Bonchev–Trinajstić information content (AvgIpc) is 2.04. The van der Waals surface area contributed by atoms with E-state index in [1.54, 1.807) is 5.57 Å². The fraction of sp³-hybridized carbons (Fsp3) is 0.667.